The van der Waals surface area contributed by atoms with Gasteiger partial charge in [0.2, 0.25) is 5.97 Å². The number of amides is 1. The van der Waals surface area contributed by atoms with E-state index in [0.717, 1.165) is 23.3 Å². The van der Waals surface area contributed by atoms with E-state index in [1.54, 1.807) is 0 Å². The summed E-state index contributed by atoms with van der Waals surface area (Å²) < 4.78 is 14.4. The number of aliphatic imine (C=N–C) groups is 2. The average molecular weight is 435 g/mol. The Bertz CT molecular complexity index is 1110. The zero-order chi connectivity index (χ0) is 21.4. The summed E-state index contributed by atoms with van der Waals surface area (Å²) in [6, 6.07) is 17.1. The summed E-state index contributed by atoms with van der Waals surface area (Å²) in [5.41, 5.74) is 8.48. The maximum absolute atomic E-state index is 14.4. The van der Waals surface area contributed by atoms with E-state index < -0.39 is 11.5 Å². The molecular formula is C24H23FN4OS. The van der Waals surface area contributed by atoms with Crippen molar-refractivity contribution in [2.24, 2.45) is 21.6 Å². The van der Waals surface area contributed by atoms with Crippen molar-refractivity contribution >= 4 is 34.4 Å². The highest BCUT2D eigenvalue weighted by Gasteiger charge is 2.51. The van der Waals surface area contributed by atoms with E-state index in [1.807, 2.05) is 65.6 Å². The van der Waals surface area contributed by atoms with Crippen molar-refractivity contribution < 1.29 is 9.18 Å². The molecular weight excluding hydrogens is 411 g/mol. The van der Waals surface area contributed by atoms with Gasteiger partial charge in [-0.15, -0.1) is 0 Å². The topological polar surface area (TPSA) is 71.0 Å². The summed E-state index contributed by atoms with van der Waals surface area (Å²) in [4.78, 5) is 23.9. The number of nitrogens with zero attached hydrogens (tertiary/aromatic N) is 3. The van der Waals surface area contributed by atoms with Crippen LogP contribution in [0.2, 0.25) is 0 Å². The molecule has 2 atom stereocenters. The lowest BCUT2D eigenvalue weighted by Gasteiger charge is -2.35. The number of halogens is 1. The number of rotatable bonds is 3. The van der Waals surface area contributed by atoms with Crippen LogP contribution >= 0.6 is 11.8 Å². The minimum absolute atomic E-state index is 0.00234. The molecule has 0 unspecified atom stereocenters. The van der Waals surface area contributed by atoms with Crippen LogP contribution in [0.4, 0.5) is 4.39 Å². The van der Waals surface area contributed by atoms with Crippen LogP contribution in [0.1, 0.15) is 27.9 Å². The van der Waals surface area contributed by atoms with E-state index in [0.29, 0.717) is 35.9 Å². The van der Waals surface area contributed by atoms with Gasteiger partial charge in [0.1, 0.15) is 5.54 Å². The van der Waals surface area contributed by atoms with Crippen LogP contribution < -0.4 is 5.73 Å². The number of hydrogen-bond donors (Lipinski definition) is 1. The second kappa shape index (κ2) is 7.96. The van der Waals surface area contributed by atoms with Gasteiger partial charge in [0, 0.05) is 35.9 Å². The molecule has 0 saturated carbocycles. The smallest absolute Gasteiger partial charge is 0.253 e. The number of carbonyl (C=O) groups excluding carboxylic acids is 1. The number of carbonyl (C=O) groups is 1. The number of nitrogens with two attached hydrogens (primary N) is 1. The van der Waals surface area contributed by atoms with Crippen molar-refractivity contribution in [2.45, 2.75) is 12.0 Å². The molecule has 1 amide bonds. The molecule has 5 rings (SSSR count). The van der Waals surface area contributed by atoms with Gasteiger partial charge in [-0.1, -0.05) is 54.2 Å². The zero-order valence-electron chi connectivity index (χ0n) is 17.0. The molecule has 31 heavy (non-hydrogen) atoms. The molecule has 3 heterocycles. The molecule has 1 fully saturated rings. The second-order valence-electron chi connectivity index (χ2n) is 8.09. The van der Waals surface area contributed by atoms with E-state index in [1.165, 1.54) is 11.8 Å². The summed E-state index contributed by atoms with van der Waals surface area (Å²) in [6.45, 7) is 1.54. The van der Waals surface area contributed by atoms with Crippen LogP contribution in [0.3, 0.4) is 0 Å². The Morgan fingerprint density at radius 2 is 2.03 bits per heavy atom. The van der Waals surface area contributed by atoms with Gasteiger partial charge in [0.15, 0.2) is 5.17 Å². The summed E-state index contributed by atoms with van der Waals surface area (Å²) >= 11 is 1.53. The quantitative estimate of drug-likeness (QED) is 0.797. The van der Waals surface area contributed by atoms with Crippen LogP contribution in [0.25, 0.3) is 5.57 Å². The summed E-state index contributed by atoms with van der Waals surface area (Å²) in [5, 5.41) is 0.528. The third-order valence-corrected chi connectivity index (χ3v) is 7.18. The number of thioether (sulfide) groups is 1. The van der Waals surface area contributed by atoms with E-state index in [2.05, 4.69) is 4.99 Å². The monoisotopic (exact) mass is 434 g/mol. The van der Waals surface area contributed by atoms with E-state index in [9.17, 15) is 9.18 Å². The molecule has 0 aliphatic carbocycles. The number of amidine groups is 1. The maximum Gasteiger partial charge on any atom is 0.253 e. The first-order valence-electron chi connectivity index (χ1n) is 10.4. The molecule has 5 nitrogen and oxygen atoms in total. The second-order valence-corrected chi connectivity index (χ2v) is 9.13. The Morgan fingerprint density at radius 1 is 1.19 bits per heavy atom. The van der Waals surface area contributed by atoms with Crippen molar-refractivity contribution in [3.63, 3.8) is 0 Å². The fourth-order valence-corrected chi connectivity index (χ4v) is 5.66. The lowest BCUT2D eigenvalue weighted by Crippen LogP contribution is -2.40. The molecule has 2 N–H and O–H groups in total. The summed E-state index contributed by atoms with van der Waals surface area (Å²) in [6.07, 6.45) is 2.62. The number of hydrogen-bond acceptors (Lipinski definition) is 5. The van der Waals surface area contributed by atoms with Crippen molar-refractivity contribution in [1.29, 1.82) is 0 Å². The lowest BCUT2D eigenvalue weighted by atomic mass is 9.80. The molecule has 3 aliphatic rings. The highest BCUT2D eigenvalue weighted by atomic mass is 32.2. The SMILES string of the molecule is NC1=N[C@@]2(c3cccc(C4=CCCN=C4F)c3)CN(C(=O)c3ccccc3)C[C@H]2CS1. The van der Waals surface area contributed by atoms with Crippen LogP contribution in [0, 0.1) is 5.92 Å². The lowest BCUT2D eigenvalue weighted by molar-refractivity contribution is 0.0782. The van der Waals surface area contributed by atoms with Gasteiger partial charge < -0.3 is 10.6 Å². The number of likely N-dealkylation sites (tertiary alicyclic amines) is 1. The molecule has 158 valence electrons. The summed E-state index contributed by atoms with van der Waals surface area (Å²) in [5.74, 6) is 0.493. The van der Waals surface area contributed by atoms with Crippen molar-refractivity contribution in [1.82, 2.24) is 4.90 Å². The van der Waals surface area contributed by atoms with Gasteiger partial charge in [0.25, 0.3) is 5.91 Å². The molecule has 0 spiro atoms. The maximum atomic E-state index is 14.4. The van der Waals surface area contributed by atoms with Gasteiger partial charge >= 0.3 is 0 Å². The third kappa shape index (κ3) is 3.57. The van der Waals surface area contributed by atoms with Gasteiger partial charge in [-0.2, -0.15) is 4.39 Å². The average Bonchev–Trinajstić information content (AvgIpc) is 3.19. The number of dihydropyridines is 1. The van der Waals surface area contributed by atoms with Crippen molar-refractivity contribution in [3.8, 4) is 0 Å². The first-order valence-corrected chi connectivity index (χ1v) is 11.4. The summed E-state index contributed by atoms with van der Waals surface area (Å²) in [7, 11) is 0. The third-order valence-electron chi connectivity index (χ3n) is 6.22. The molecule has 0 radical (unpaired) electrons. The molecule has 2 aromatic rings. The van der Waals surface area contributed by atoms with Crippen LogP contribution in [0.5, 0.6) is 0 Å². The highest BCUT2D eigenvalue weighted by molar-refractivity contribution is 8.13. The highest BCUT2D eigenvalue weighted by Crippen LogP contribution is 2.46. The largest absolute Gasteiger partial charge is 0.379 e. The molecule has 0 aromatic heterocycles. The predicted molar refractivity (Wildman–Crippen MR) is 124 cm³/mol. The number of fused-ring (bicyclic) bond motifs is 1. The fourth-order valence-electron chi connectivity index (χ4n) is 4.68. The molecule has 3 aliphatic heterocycles. The van der Waals surface area contributed by atoms with Crippen LogP contribution in [-0.2, 0) is 5.54 Å². The molecule has 1 saturated heterocycles. The van der Waals surface area contributed by atoms with Crippen LogP contribution in [0.15, 0.2) is 70.7 Å². The van der Waals surface area contributed by atoms with Crippen molar-refractivity contribution in [2.75, 3.05) is 25.4 Å². The minimum Gasteiger partial charge on any atom is -0.379 e. The fraction of sp³-hybridized carbons (Fsp3) is 0.292. The number of benzene rings is 2. The standard InChI is InChI=1S/C24H23FN4OS/c25-21-20(10-5-11-27-21)17-8-4-9-18(12-17)24-15-29(13-19(24)14-31-23(26)28-24)22(30)16-6-2-1-3-7-16/h1-4,6-10,12,19H,5,11,13-15H2,(H2,26,28)/t19-,24+/m0/s1. The normalized spacial score (nSPS) is 25.4. The van der Waals surface area contributed by atoms with Crippen LogP contribution in [-0.4, -0.2) is 47.3 Å². The van der Waals surface area contributed by atoms with E-state index >= 15 is 0 Å². The zero-order valence-corrected chi connectivity index (χ0v) is 17.8. The van der Waals surface area contributed by atoms with E-state index in [-0.39, 0.29) is 11.8 Å². The Labute approximate surface area is 185 Å². The Kier molecular flexibility index (Phi) is 5.14. The predicted octanol–water partition coefficient (Wildman–Crippen LogP) is 3.87. The Hall–Kier alpha value is -2.93. The van der Waals surface area contributed by atoms with Gasteiger partial charge in [-0.3, -0.25) is 9.79 Å². The van der Waals surface area contributed by atoms with Crippen molar-refractivity contribution in [3.05, 3.63) is 77.4 Å². The van der Waals surface area contributed by atoms with Gasteiger partial charge in [0.05, 0.1) is 6.54 Å². The Balaban J connectivity index is 1.54. The Morgan fingerprint density at radius 3 is 2.84 bits per heavy atom. The molecule has 7 heteroatoms. The minimum atomic E-state index is -0.626. The molecule has 2 aromatic carbocycles. The molecule has 0 bridgehead atoms. The van der Waals surface area contributed by atoms with Gasteiger partial charge in [-0.25, -0.2) is 4.99 Å². The number of allylic oxidation sites excluding steroid dienone is 1. The van der Waals surface area contributed by atoms with E-state index in [4.69, 9.17) is 10.7 Å². The van der Waals surface area contributed by atoms with Gasteiger partial charge in [-0.05, 0) is 35.7 Å². The first kappa shape index (κ1) is 20.0. The first-order chi connectivity index (χ1) is 15.1.